The molecule has 20 heavy (non-hydrogen) atoms. The Kier molecular flexibility index (Phi) is 7.48. The molecule has 0 heterocycles. The molecular weight excluding hydrogens is 258 g/mol. The molecule has 0 spiro atoms. The molecule has 0 aromatic carbocycles. The van der Waals surface area contributed by atoms with Crippen molar-refractivity contribution in [1.29, 1.82) is 0 Å². The predicted molar refractivity (Wildman–Crippen MR) is 77.7 cm³/mol. The fourth-order valence-electron chi connectivity index (χ4n) is 2.91. The molecule has 0 aromatic heterocycles. The summed E-state index contributed by atoms with van der Waals surface area (Å²) in [6.07, 6.45) is 3.53. The molecule has 2 unspecified atom stereocenters. The summed E-state index contributed by atoms with van der Waals surface area (Å²) in [6.45, 7) is 7.95. The van der Waals surface area contributed by atoms with Gasteiger partial charge in [0.1, 0.15) is 5.54 Å². The summed E-state index contributed by atoms with van der Waals surface area (Å²) in [5.41, 5.74) is -0.600. The first-order valence-electron chi connectivity index (χ1n) is 7.59. The molecule has 1 aliphatic rings. The van der Waals surface area contributed by atoms with Gasteiger partial charge in [0, 0.05) is 19.1 Å². The summed E-state index contributed by atoms with van der Waals surface area (Å²) in [6, 6.07) is 0.233. The van der Waals surface area contributed by atoms with Crippen molar-refractivity contribution in [3.8, 4) is 0 Å². The Morgan fingerprint density at radius 3 is 2.75 bits per heavy atom. The molecule has 0 bridgehead atoms. The van der Waals surface area contributed by atoms with Crippen LogP contribution in [-0.4, -0.2) is 50.6 Å². The molecule has 1 rings (SSSR count). The summed E-state index contributed by atoms with van der Waals surface area (Å²) in [7, 11) is 1.45. The molecule has 1 aliphatic carbocycles. The van der Waals surface area contributed by atoms with Crippen molar-refractivity contribution in [1.82, 2.24) is 5.32 Å². The van der Waals surface area contributed by atoms with Crippen LogP contribution < -0.4 is 5.32 Å². The van der Waals surface area contributed by atoms with Crippen molar-refractivity contribution in [3.63, 3.8) is 0 Å². The molecule has 1 fully saturated rings. The molecule has 0 amide bonds. The highest BCUT2D eigenvalue weighted by molar-refractivity contribution is 5.81. The monoisotopic (exact) mass is 287 g/mol. The van der Waals surface area contributed by atoms with E-state index < -0.39 is 5.54 Å². The van der Waals surface area contributed by atoms with Crippen molar-refractivity contribution in [3.05, 3.63) is 0 Å². The maximum atomic E-state index is 12.2. The van der Waals surface area contributed by atoms with Crippen molar-refractivity contribution >= 4 is 5.97 Å². The Labute approximate surface area is 122 Å². The van der Waals surface area contributed by atoms with Gasteiger partial charge < -0.3 is 14.2 Å². The molecule has 1 saturated carbocycles. The summed E-state index contributed by atoms with van der Waals surface area (Å²) in [4.78, 5) is 12.2. The lowest BCUT2D eigenvalue weighted by Crippen LogP contribution is -2.58. The van der Waals surface area contributed by atoms with Gasteiger partial charge in [-0.2, -0.15) is 0 Å². The Hall–Kier alpha value is -0.650. The Morgan fingerprint density at radius 1 is 1.40 bits per heavy atom. The van der Waals surface area contributed by atoms with E-state index in [0.29, 0.717) is 26.2 Å². The van der Waals surface area contributed by atoms with Crippen molar-refractivity contribution in [2.45, 2.75) is 64.1 Å². The quantitative estimate of drug-likeness (QED) is 0.546. The van der Waals surface area contributed by atoms with Crippen molar-refractivity contribution < 1.29 is 19.0 Å². The maximum absolute atomic E-state index is 12.2. The molecule has 1 N–H and O–H groups in total. The molecular formula is C15H29NO4. The number of ether oxygens (including phenoxy) is 3. The number of hydrogen-bond acceptors (Lipinski definition) is 5. The lowest BCUT2D eigenvalue weighted by atomic mass is 9.79. The third-order valence-corrected chi connectivity index (χ3v) is 3.63. The van der Waals surface area contributed by atoms with Crippen LogP contribution >= 0.6 is 0 Å². The zero-order valence-electron chi connectivity index (χ0n) is 13.2. The number of methoxy groups -OCH3 is 1. The lowest BCUT2D eigenvalue weighted by Gasteiger charge is -2.40. The second kappa shape index (κ2) is 8.60. The van der Waals surface area contributed by atoms with Gasteiger partial charge in [-0.15, -0.1) is 0 Å². The normalized spacial score (nSPS) is 26.8. The number of carbonyl (C=O) groups excluding carboxylic acids is 1. The van der Waals surface area contributed by atoms with Gasteiger partial charge in [-0.25, -0.2) is 0 Å². The highest BCUT2D eigenvalue weighted by Gasteiger charge is 2.44. The second-order valence-corrected chi connectivity index (χ2v) is 5.66. The minimum atomic E-state index is -0.600. The van der Waals surface area contributed by atoms with Gasteiger partial charge in [-0.05, 0) is 40.0 Å². The molecule has 0 aromatic rings. The molecule has 5 nitrogen and oxygen atoms in total. The molecule has 118 valence electrons. The number of hydrogen-bond donors (Lipinski definition) is 1. The maximum Gasteiger partial charge on any atom is 0.326 e. The Bertz CT molecular complexity index is 296. The van der Waals surface area contributed by atoms with Gasteiger partial charge in [0.25, 0.3) is 0 Å². The second-order valence-electron chi connectivity index (χ2n) is 5.66. The molecule has 5 heteroatoms. The predicted octanol–water partition coefficient (Wildman–Crippen LogP) is 1.89. The minimum absolute atomic E-state index is 0.0922. The standard InChI is InChI=1S/C15H29NO4/c1-5-19-9-10-20-13-7-6-8-15(11-13,14(17)18-4)16-12(2)3/h12-13,16H,5-11H2,1-4H3. The number of carbonyl (C=O) groups is 1. The summed E-state index contributed by atoms with van der Waals surface area (Å²) < 4.78 is 16.1. The van der Waals surface area contributed by atoms with Crippen LogP contribution in [0.1, 0.15) is 46.5 Å². The topological polar surface area (TPSA) is 56.8 Å². The van der Waals surface area contributed by atoms with E-state index in [-0.39, 0.29) is 18.1 Å². The van der Waals surface area contributed by atoms with Gasteiger partial charge in [0.05, 0.1) is 26.4 Å². The van der Waals surface area contributed by atoms with E-state index in [0.717, 1.165) is 19.3 Å². The summed E-state index contributed by atoms with van der Waals surface area (Å²) >= 11 is 0. The smallest absolute Gasteiger partial charge is 0.326 e. The van der Waals surface area contributed by atoms with Crippen LogP contribution in [-0.2, 0) is 19.0 Å². The molecule has 0 aliphatic heterocycles. The molecule has 2 atom stereocenters. The first kappa shape index (κ1) is 17.4. The third kappa shape index (κ3) is 5.04. The Balaban J connectivity index is 2.58. The van der Waals surface area contributed by atoms with Gasteiger partial charge in [0.15, 0.2) is 0 Å². The lowest BCUT2D eigenvalue weighted by molar-refractivity contribution is -0.153. The van der Waals surface area contributed by atoms with Crippen LogP contribution in [0.3, 0.4) is 0 Å². The molecule has 0 radical (unpaired) electrons. The summed E-state index contributed by atoms with van der Waals surface area (Å²) in [5, 5.41) is 3.39. The van der Waals surface area contributed by atoms with Gasteiger partial charge >= 0.3 is 5.97 Å². The zero-order chi connectivity index (χ0) is 15.0. The zero-order valence-corrected chi connectivity index (χ0v) is 13.2. The Morgan fingerprint density at radius 2 is 2.15 bits per heavy atom. The van der Waals surface area contributed by atoms with E-state index in [9.17, 15) is 4.79 Å². The average molecular weight is 287 g/mol. The van der Waals surface area contributed by atoms with E-state index >= 15 is 0 Å². The van der Waals surface area contributed by atoms with Crippen LogP contribution in [0, 0.1) is 0 Å². The highest BCUT2D eigenvalue weighted by atomic mass is 16.5. The first-order valence-corrected chi connectivity index (χ1v) is 7.59. The number of esters is 1. The van der Waals surface area contributed by atoms with E-state index in [1.165, 1.54) is 7.11 Å². The van der Waals surface area contributed by atoms with Crippen molar-refractivity contribution in [2.24, 2.45) is 0 Å². The van der Waals surface area contributed by atoms with Crippen LogP contribution in [0.5, 0.6) is 0 Å². The number of nitrogens with one attached hydrogen (secondary N) is 1. The molecule has 0 saturated heterocycles. The number of rotatable bonds is 8. The SMILES string of the molecule is CCOCCOC1CCCC(NC(C)C)(C(=O)OC)C1. The highest BCUT2D eigenvalue weighted by Crippen LogP contribution is 2.31. The fraction of sp³-hybridized carbons (Fsp3) is 0.933. The van der Waals surface area contributed by atoms with Gasteiger partial charge in [-0.1, -0.05) is 0 Å². The minimum Gasteiger partial charge on any atom is -0.468 e. The average Bonchev–Trinajstić information content (AvgIpc) is 2.42. The largest absolute Gasteiger partial charge is 0.468 e. The van der Waals surface area contributed by atoms with Crippen LogP contribution in [0.15, 0.2) is 0 Å². The first-order chi connectivity index (χ1) is 9.54. The van der Waals surface area contributed by atoms with E-state index in [4.69, 9.17) is 14.2 Å². The van der Waals surface area contributed by atoms with Crippen molar-refractivity contribution in [2.75, 3.05) is 26.9 Å². The van der Waals surface area contributed by atoms with E-state index in [1.807, 2.05) is 20.8 Å². The fourth-order valence-corrected chi connectivity index (χ4v) is 2.91. The van der Waals surface area contributed by atoms with Crippen LogP contribution in [0.25, 0.3) is 0 Å². The van der Waals surface area contributed by atoms with E-state index in [1.54, 1.807) is 0 Å². The third-order valence-electron chi connectivity index (χ3n) is 3.63. The van der Waals surface area contributed by atoms with Crippen LogP contribution in [0.4, 0.5) is 0 Å². The van der Waals surface area contributed by atoms with E-state index in [2.05, 4.69) is 5.32 Å². The van der Waals surface area contributed by atoms with Crippen LogP contribution in [0.2, 0.25) is 0 Å². The summed E-state index contributed by atoms with van der Waals surface area (Å²) in [5.74, 6) is -0.177. The van der Waals surface area contributed by atoms with Gasteiger partial charge in [0.2, 0.25) is 0 Å². The van der Waals surface area contributed by atoms with Gasteiger partial charge in [-0.3, -0.25) is 10.1 Å².